The van der Waals surface area contributed by atoms with Crippen LogP contribution in [0.3, 0.4) is 0 Å². The summed E-state index contributed by atoms with van der Waals surface area (Å²) >= 11 is 1.83. The first-order valence-electron chi connectivity index (χ1n) is 7.98. The molecule has 1 aromatic heterocycles. The molecule has 1 heterocycles. The average molecular weight is 480 g/mol. The lowest BCUT2D eigenvalue weighted by atomic mass is 10.1. The number of hydrogen-bond acceptors (Lipinski definition) is 4. The number of hydrazine groups is 1. The first-order chi connectivity index (χ1) is 12.9. The molecule has 3 rings (SSSR count). The Morgan fingerprint density at radius 2 is 1.78 bits per heavy atom. The van der Waals surface area contributed by atoms with Gasteiger partial charge in [-0.2, -0.15) is 5.10 Å². The fourth-order valence-corrected chi connectivity index (χ4v) is 3.25. The number of benzene rings is 2. The fraction of sp³-hybridized carbons (Fsp3) is 0.111. The molecule has 0 aliphatic heterocycles. The summed E-state index contributed by atoms with van der Waals surface area (Å²) in [5.41, 5.74) is 4.50. The summed E-state index contributed by atoms with van der Waals surface area (Å²) in [6.07, 6.45) is 0. The second-order valence-corrected chi connectivity index (χ2v) is 6.71. The Morgan fingerprint density at radius 3 is 2.44 bits per heavy atom. The largest absolute Gasteiger partial charge is 0.290 e. The van der Waals surface area contributed by atoms with Gasteiger partial charge < -0.3 is 0 Å². The maximum Gasteiger partial charge on any atom is 0.290 e. The molecule has 0 saturated heterocycles. The van der Waals surface area contributed by atoms with Crippen molar-refractivity contribution in [2.75, 3.05) is 0 Å². The molecule has 0 aliphatic carbocycles. The molecule has 2 aromatic carbocycles. The number of rotatable bonds is 3. The maximum atomic E-state index is 13.2. The first-order valence-corrected chi connectivity index (χ1v) is 9.06. The summed E-state index contributed by atoms with van der Waals surface area (Å²) < 4.78 is 14.7. The molecule has 7 nitrogen and oxygen atoms in total. The fourth-order valence-electron chi connectivity index (χ4n) is 2.53. The number of aromatic nitrogens is 2. The lowest BCUT2D eigenvalue weighted by Gasteiger charge is -2.11. The topological polar surface area (TPSA) is 93.1 Å². The summed E-state index contributed by atoms with van der Waals surface area (Å²) in [7, 11) is 0. The molecular formula is C18H14FIN4O3. The van der Waals surface area contributed by atoms with Crippen LogP contribution in [0, 0.1) is 9.39 Å². The molecule has 138 valence electrons. The van der Waals surface area contributed by atoms with Gasteiger partial charge in [0.15, 0.2) is 5.69 Å². The Morgan fingerprint density at radius 1 is 1.11 bits per heavy atom. The van der Waals surface area contributed by atoms with Crippen LogP contribution in [0.2, 0.25) is 0 Å². The molecule has 0 radical (unpaired) electrons. The minimum Gasteiger partial charge on any atom is -0.267 e. The highest BCUT2D eigenvalue weighted by Gasteiger charge is 2.18. The Hall–Kier alpha value is -2.82. The number of nitrogens with zero attached hydrogens (tertiary/aromatic N) is 2. The molecule has 0 aliphatic rings. The van der Waals surface area contributed by atoms with Crippen molar-refractivity contribution < 1.29 is 14.0 Å². The van der Waals surface area contributed by atoms with Crippen molar-refractivity contribution in [1.29, 1.82) is 0 Å². The molecule has 2 N–H and O–H groups in total. The molecule has 0 unspecified atom stereocenters. The minimum atomic E-state index is -0.668. The zero-order valence-corrected chi connectivity index (χ0v) is 16.3. The summed E-state index contributed by atoms with van der Waals surface area (Å²) in [5, 5.41) is 4.83. The highest BCUT2D eigenvalue weighted by Crippen LogP contribution is 2.14. The third-order valence-corrected chi connectivity index (χ3v) is 4.74. The van der Waals surface area contributed by atoms with E-state index >= 15 is 0 Å². The summed E-state index contributed by atoms with van der Waals surface area (Å²) in [5.74, 6) is -1.72. The number of hydrogen-bond donors (Lipinski definition) is 2. The van der Waals surface area contributed by atoms with Crippen LogP contribution in [0.5, 0.6) is 0 Å². The van der Waals surface area contributed by atoms with Gasteiger partial charge in [-0.3, -0.25) is 25.2 Å². The number of carbonyl (C=O) groups is 2. The van der Waals surface area contributed by atoms with Gasteiger partial charge in [-0.25, -0.2) is 9.07 Å². The molecule has 0 atom stereocenters. The van der Waals surface area contributed by atoms with Crippen LogP contribution in [-0.2, 0) is 6.54 Å². The van der Waals surface area contributed by atoms with E-state index in [0.29, 0.717) is 20.9 Å². The van der Waals surface area contributed by atoms with E-state index < -0.39 is 17.6 Å². The Bertz CT molecular complexity index is 1110. The van der Waals surface area contributed by atoms with Crippen molar-refractivity contribution in [3.8, 4) is 0 Å². The van der Waals surface area contributed by atoms with Gasteiger partial charge in [-0.1, -0.05) is 18.2 Å². The van der Waals surface area contributed by atoms with Gasteiger partial charge in [0.2, 0.25) is 0 Å². The van der Waals surface area contributed by atoms with Crippen LogP contribution < -0.4 is 16.4 Å². The average Bonchev–Trinajstić information content (AvgIpc) is 2.66. The first kappa shape index (κ1) is 19.0. The SMILES string of the molecule is CCn1nc(C(=O)NNC(=O)c2ccc(F)cc2I)c2ccccc2c1=O. The summed E-state index contributed by atoms with van der Waals surface area (Å²) in [6, 6.07) is 10.3. The smallest absolute Gasteiger partial charge is 0.267 e. The number of amides is 2. The summed E-state index contributed by atoms with van der Waals surface area (Å²) in [4.78, 5) is 37.1. The number of aryl methyl sites for hydroxylation is 1. The highest BCUT2D eigenvalue weighted by molar-refractivity contribution is 14.1. The Labute approximate surface area is 166 Å². The molecule has 9 heteroatoms. The van der Waals surface area contributed by atoms with E-state index in [1.54, 1.807) is 31.2 Å². The van der Waals surface area contributed by atoms with Gasteiger partial charge in [0.1, 0.15) is 5.82 Å². The second kappa shape index (κ2) is 7.82. The second-order valence-electron chi connectivity index (χ2n) is 5.55. The number of nitrogens with one attached hydrogen (secondary N) is 2. The van der Waals surface area contributed by atoms with Crippen molar-refractivity contribution in [3.05, 3.63) is 73.5 Å². The van der Waals surface area contributed by atoms with Gasteiger partial charge >= 0.3 is 0 Å². The van der Waals surface area contributed by atoms with Crippen LogP contribution in [-0.4, -0.2) is 21.6 Å². The third-order valence-electron chi connectivity index (χ3n) is 3.85. The van der Waals surface area contributed by atoms with Crippen LogP contribution in [0.15, 0.2) is 47.3 Å². The predicted molar refractivity (Wildman–Crippen MR) is 106 cm³/mol. The van der Waals surface area contributed by atoms with Crippen molar-refractivity contribution in [2.45, 2.75) is 13.5 Å². The van der Waals surface area contributed by atoms with E-state index in [1.807, 2.05) is 22.6 Å². The van der Waals surface area contributed by atoms with Crippen LogP contribution in [0.25, 0.3) is 10.8 Å². The predicted octanol–water partition coefficient (Wildman–Crippen LogP) is 2.23. The molecule has 2 amide bonds. The van der Waals surface area contributed by atoms with Gasteiger partial charge in [0, 0.05) is 15.5 Å². The quantitative estimate of drug-likeness (QED) is 0.445. The molecule has 0 fully saturated rings. The van der Waals surface area contributed by atoms with Crippen molar-refractivity contribution >= 4 is 45.2 Å². The van der Waals surface area contributed by atoms with Crippen LogP contribution in [0.4, 0.5) is 4.39 Å². The normalized spacial score (nSPS) is 10.6. The molecule has 0 spiro atoms. The molecular weight excluding hydrogens is 466 g/mol. The lowest BCUT2D eigenvalue weighted by Crippen LogP contribution is -2.43. The third kappa shape index (κ3) is 3.82. The van der Waals surface area contributed by atoms with E-state index in [4.69, 9.17) is 0 Å². The highest BCUT2D eigenvalue weighted by atomic mass is 127. The molecule has 0 bridgehead atoms. The Balaban J connectivity index is 1.87. The maximum absolute atomic E-state index is 13.2. The summed E-state index contributed by atoms with van der Waals surface area (Å²) in [6.45, 7) is 2.03. The monoisotopic (exact) mass is 480 g/mol. The Kier molecular flexibility index (Phi) is 5.49. The van der Waals surface area contributed by atoms with E-state index in [1.165, 1.54) is 16.8 Å². The van der Waals surface area contributed by atoms with E-state index in [2.05, 4.69) is 16.0 Å². The van der Waals surface area contributed by atoms with Crippen LogP contribution >= 0.6 is 22.6 Å². The number of halogens is 2. The number of fused-ring (bicyclic) bond motifs is 1. The van der Waals surface area contributed by atoms with E-state index in [-0.39, 0.29) is 16.8 Å². The van der Waals surface area contributed by atoms with Gasteiger partial charge in [0.05, 0.1) is 10.9 Å². The van der Waals surface area contributed by atoms with Gasteiger partial charge in [0.25, 0.3) is 17.4 Å². The lowest BCUT2D eigenvalue weighted by molar-refractivity contribution is 0.0843. The standard InChI is InChI=1S/C18H14FIN4O3/c1-2-24-18(27)12-6-4-3-5-11(12)15(23-24)17(26)22-21-16(25)13-8-7-10(19)9-14(13)20/h3-9H,2H2,1H3,(H,21,25)(H,22,26). The van der Waals surface area contributed by atoms with Crippen molar-refractivity contribution in [3.63, 3.8) is 0 Å². The molecule has 3 aromatic rings. The zero-order chi connectivity index (χ0) is 19.6. The van der Waals surface area contributed by atoms with Crippen molar-refractivity contribution in [1.82, 2.24) is 20.6 Å². The molecule has 27 heavy (non-hydrogen) atoms. The van der Waals surface area contributed by atoms with Gasteiger partial charge in [-0.15, -0.1) is 0 Å². The van der Waals surface area contributed by atoms with E-state index in [0.717, 1.165) is 6.07 Å². The molecule has 0 saturated carbocycles. The van der Waals surface area contributed by atoms with Gasteiger partial charge in [-0.05, 0) is 53.8 Å². The van der Waals surface area contributed by atoms with Crippen LogP contribution in [0.1, 0.15) is 27.8 Å². The van der Waals surface area contributed by atoms with Crippen molar-refractivity contribution in [2.24, 2.45) is 0 Å². The number of carbonyl (C=O) groups excluding carboxylic acids is 2. The minimum absolute atomic E-state index is 0.0150. The van der Waals surface area contributed by atoms with E-state index in [9.17, 15) is 18.8 Å². The zero-order valence-electron chi connectivity index (χ0n) is 14.1.